The van der Waals surface area contributed by atoms with Crippen LogP contribution in [0.1, 0.15) is 25.5 Å². The number of aliphatic hydroxyl groups excluding tert-OH is 1. The Labute approximate surface area is 196 Å². The lowest BCUT2D eigenvalue weighted by Crippen LogP contribution is -3.00. The maximum Gasteiger partial charge on any atom is 0.120 e. The van der Waals surface area contributed by atoms with E-state index in [0.29, 0.717) is 0 Å². The molecule has 158 valence electrons. The highest BCUT2D eigenvalue weighted by atomic mass is 79.9. The number of rotatable bonds is 6. The third-order valence-electron chi connectivity index (χ3n) is 6.08. The average Bonchev–Trinajstić information content (AvgIpc) is 2.81. The van der Waals surface area contributed by atoms with Gasteiger partial charge in [-0.2, -0.15) is 0 Å². The first kappa shape index (κ1) is 23.4. The molecule has 0 saturated carbocycles. The summed E-state index contributed by atoms with van der Waals surface area (Å²) in [6, 6.07) is 42.3. The molecule has 1 unspecified atom stereocenters. The highest BCUT2D eigenvalue weighted by Crippen LogP contribution is 2.69. The quantitative estimate of drug-likeness (QED) is 0.411. The largest absolute Gasteiger partial charge is 1.00 e. The van der Waals surface area contributed by atoms with Gasteiger partial charge < -0.3 is 22.1 Å². The lowest BCUT2D eigenvalue weighted by atomic mass is 9.98. The maximum absolute atomic E-state index is 11.8. The first-order valence-corrected chi connectivity index (χ1v) is 12.2. The van der Waals surface area contributed by atoms with E-state index in [4.69, 9.17) is 0 Å². The topological polar surface area (TPSA) is 20.2 Å². The molecule has 0 heterocycles. The summed E-state index contributed by atoms with van der Waals surface area (Å²) in [6.07, 6.45) is -0.618. The van der Waals surface area contributed by atoms with Crippen LogP contribution in [0.3, 0.4) is 0 Å². The zero-order valence-electron chi connectivity index (χ0n) is 17.9. The van der Waals surface area contributed by atoms with Gasteiger partial charge in [0.25, 0.3) is 0 Å². The fourth-order valence-electron chi connectivity index (χ4n) is 4.63. The van der Waals surface area contributed by atoms with E-state index in [9.17, 15) is 5.11 Å². The Bertz CT molecular complexity index is 970. The van der Waals surface area contributed by atoms with Crippen molar-refractivity contribution in [2.45, 2.75) is 25.1 Å². The van der Waals surface area contributed by atoms with Gasteiger partial charge in [0.1, 0.15) is 34.4 Å². The molecule has 4 aromatic rings. The monoisotopic (exact) mass is 490 g/mol. The molecule has 3 heteroatoms. The summed E-state index contributed by atoms with van der Waals surface area (Å²) < 4.78 is 0. The van der Waals surface area contributed by atoms with Crippen LogP contribution in [0, 0.1) is 0 Å². The molecule has 0 aliphatic rings. The van der Waals surface area contributed by atoms with E-state index in [2.05, 4.69) is 105 Å². The second kappa shape index (κ2) is 9.92. The normalized spacial score (nSPS) is 12.6. The van der Waals surface area contributed by atoms with Crippen LogP contribution in [0.15, 0.2) is 121 Å². The molecular weight excluding hydrogens is 463 g/mol. The Morgan fingerprint density at radius 1 is 0.548 bits per heavy atom. The van der Waals surface area contributed by atoms with Crippen LogP contribution >= 0.6 is 7.26 Å². The van der Waals surface area contributed by atoms with Crippen LogP contribution < -0.4 is 32.9 Å². The van der Waals surface area contributed by atoms with Crippen LogP contribution in [0.4, 0.5) is 0 Å². The summed E-state index contributed by atoms with van der Waals surface area (Å²) in [5.41, 5.74) is 0.953. The van der Waals surface area contributed by atoms with Crippen molar-refractivity contribution in [1.29, 1.82) is 0 Å². The zero-order chi connectivity index (χ0) is 21.0. The molecule has 4 rings (SSSR count). The molecule has 0 bridgehead atoms. The van der Waals surface area contributed by atoms with Gasteiger partial charge in [-0.1, -0.05) is 84.9 Å². The van der Waals surface area contributed by atoms with Crippen LogP contribution in [-0.4, -0.2) is 10.3 Å². The summed E-state index contributed by atoms with van der Waals surface area (Å²) in [6.45, 7) is 4.46. The molecule has 0 spiro atoms. The van der Waals surface area contributed by atoms with Gasteiger partial charge in [0, 0.05) is 0 Å². The predicted octanol–water partition coefficient (Wildman–Crippen LogP) is 2.50. The Morgan fingerprint density at radius 3 is 1.16 bits per heavy atom. The van der Waals surface area contributed by atoms with E-state index >= 15 is 0 Å². The molecule has 0 aromatic heterocycles. The molecular formula is C28H28BrOP. The highest BCUT2D eigenvalue weighted by Gasteiger charge is 2.61. The summed E-state index contributed by atoms with van der Waals surface area (Å²) in [5.74, 6) is 0. The van der Waals surface area contributed by atoms with E-state index in [-0.39, 0.29) is 17.0 Å². The molecule has 0 saturated heterocycles. The molecule has 1 nitrogen and oxygen atoms in total. The number of benzene rings is 4. The Morgan fingerprint density at radius 2 is 0.839 bits per heavy atom. The smallest absolute Gasteiger partial charge is 0.120 e. The SMILES string of the molecule is CC(C)(C(O)c1ccccc1)[P+](c1ccccc1)(c1ccccc1)c1ccccc1.[Br-]. The second-order valence-electron chi connectivity index (χ2n) is 8.14. The van der Waals surface area contributed by atoms with Gasteiger partial charge in [0.2, 0.25) is 0 Å². The minimum atomic E-state index is -2.23. The third-order valence-corrected chi connectivity index (χ3v) is 11.3. The number of hydrogen-bond acceptors (Lipinski definition) is 1. The third kappa shape index (κ3) is 4.13. The van der Waals surface area contributed by atoms with Crippen LogP contribution in [0.2, 0.25) is 0 Å². The molecule has 0 aliphatic heterocycles. The molecule has 0 fully saturated rings. The van der Waals surface area contributed by atoms with Crippen LogP contribution in [0.5, 0.6) is 0 Å². The highest BCUT2D eigenvalue weighted by molar-refractivity contribution is 7.96. The minimum Gasteiger partial charge on any atom is -1.00 e. The number of aliphatic hydroxyl groups is 1. The maximum atomic E-state index is 11.8. The fraction of sp³-hybridized carbons (Fsp3) is 0.143. The van der Waals surface area contributed by atoms with Gasteiger partial charge in [-0.3, -0.25) is 0 Å². The lowest BCUT2D eigenvalue weighted by molar-refractivity contribution is -0.00000722. The van der Waals surface area contributed by atoms with Gasteiger partial charge in [-0.05, 0) is 55.8 Å². The number of halogens is 1. The first-order chi connectivity index (χ1) is 14.6. The van der Waals surface area contributed by atoms with Crippen molar-refractivity contribution < 1.29 is 22.1 Å². The molecule has 0 amide bonds. The van der Waals surface area contributed by atoms with Crippen molar-refractivity contribution >= 4 is 23.2 Å². The van der Waals surface area contributed by atoms with E-state index in [1.165, 1.54) is 15.9 Å². The lowest BCUT2D eigenvalue weighted by Gasteiger charge is -2.43. The summed E-state index contributed by atoms with van der Waals surface area (Å²) in [5, 5.41) is 15.2. The summed E-state index contributed by atoms with van der Waals surface area (Å²) in [4.78, 5) is 0. The Balaban J connectivity index is 0.00000272. The minimum absolute atomic E-state index is 0. The molecule has 0 radical (unpaired) electrons. The number of hydrogen-bond donors (Lipinski definition) is 1. The second-order valence-corrected chi connectivity index (χ2v) is 12.2. The fourth-order valence-corrected chi connectivity index (χ4v) is 9.89. The summed E-state index contributed by atoms with van der Waals surface area (Å²) >= 11 is 0. The van der Waals surface area contributed by atoms with Crippen LogP contribution in [0.25, 0.3) is 0 Å². The van der Waals surface area contributed by atoms with Gasteiger partial charge in [-0.15, -0.1) is 0 Å². The first-order valence-electron chi connectivity index (χ1n) is 10.4. The van der Waals surface area contributed by atoms with Crippen molar-refractivity contribution in [3.8, 4) is 0 Å². The molecule has 4 aromatic carbocycles. The van der Waals surface area contributed by atoms with Crippen molar-refractivity contribution in [3.05, 3.63) is 127 Å². The van der Waals surface area contributed by atoms with Crippen molar-refractivity contribution in [2.75, 3.05) is 0 Å². The van der Waals surface area contributed by atoms with E-state index in [1.807, 2.05) is 30.3 Å². The van der Waals surface area contributed by atoms with Gasteiger partial charge in [0.15, 0.2) is 0 Å². The van der Waals surface area contributed by atoms with Gasteiger partial charge in [-0.25, -0.2) is 0 Å². The van der Waals surface area contributed by atoms with Gasteiger partial charge in [0.05, 0.1) is 0 Å². The molecule has 0 aliphatic carbocycles. The van der Waals surface area contributed by atoms with Crippen molar-refractivity contribution in [1.82, 2.24) is 0 Å². The van der Waals surface area contributed by atoms with E-state index < -0.39 is 18.5 Å². The molecule has 1 N–H and O–H groups in total. The zero-order valence-corrected chi connectivity index (χ0v) is 20.4. The average molecular weight is 491 g/mol. The van der Waals surface area contributed by atoms with Crippen molar-refractivity contribution in [2.24, 2.45) is 0 Å². The standard InChI is InChI=1S/C28H28OP.BrH/c1-28(2,27(29)23-15-7-3-8-16-23)30(24-17-9-4-10-18-24,25-19-11-5-12-20-25)26-21-13-6-14-22-26;/h3-22,27,29H,1-2H3;1H/q+1;/p-1. The Kier molecular flexibility index (Phi) is 7.49. The Hall–Kier alpha value is -2.25. The molecule has 31 heavy (non-hydrogen) atoms. The van der Waals surface area contributed by atoms with Crippen LogP contribution in [-0.2, 0) is 0 Å². The van der Waals surface area contributed by atoms with Crippen molar-refractivity contribution in [3.63, 3.8) is 0 Å². The van der Waals surface area contributed by atoms with E-state index in [1.54, 1.807) is 0 Å². The summed E-state index contributed by atoms with van der Waals surface area (Å²) in [7, 11) is -2.23. The predicted molar refractivity (Wildman–Crippen MR) is 131 cm³/mol. The van der Waals surface area contributed by atoms with E-state index in [0.717, 1.165) is 5.56 Å². The van der Waals surface area contributed by atoms with Gasteiger partial charge >= 0.3 is 0 Å². The molecule has 1 atom stereocenters.